The first-order valence-corrected chi connectivity index (χ1v) is 8.91. The van der Waals surface area contributed by atoms with Crippen LogP contribution in [-0.4, -0.2) is 32.0 Å². The molecule has 4 rings (SSSR count). The van der Waals surface area contributed by atoms with Gasteiger partial charge in [0.05, 0.1) is 6.61 Å². The summed E-state index contributed by atoms with van der Waals surface area (Å²) in [7, 11) is 1.57. The number of amides is 1. The number of hydrogen-bond donors (Lipinski definition) is 1. The molecular formula is C21H19F3N2O2. The number of anilines is 1. The number of nitrogens with one attached hydrogen (secondary N) is 1. The highest BCUT2D eigenvalue weighted by molar-refractivity contribution is 6.07. The third-order valence-corrected chi connectivity index (χ3v) is 5.27. The van der Waals surface area contributed by atoms with Crippen molar-refractivity contribution in [1.82, 2.24) is 5.32 Å². The molecule has 0 aliphatic carbocycles. The summed E-state index contributed by atoms with van der Waals surface area (Å²) in [5, 5.41) is 2.50. The first kappa shape index (κ1) is 18.7. The van der Waals surface area contributed by atoms with Gasteiger partial charge in [-0.2, -0.15) is 13.2 Å². The zero-order valence-electron chi connectivity index (χ0n) is 15.2. The molecule has 0 saturated carbocycles. The molecule has 0 radical (unpaired) electrons. The van der Waals surface area contributed by atoms with Gasteiger partial charge in [0.2, 0.25) is 6.23 Å². The Morgan fingerprint density at radius 3 is 2.50 bits per heavy atom. The van der Waals surface area contributed by atoms with E-state index in [1.807, 2.05) is 30.3 Å². The van der Waals surface area contributed by atoms with Crippen LogP contribution in [0.5, 0.6) is 0 Å². The van der Waals surface area contributed by atoms with Gasteiger partial charge in [0, 0.05) is 18.3 Å². The van der Waals surface area contributed by atoms with Crippen LogP contribution < -0.4 is 10.2 Å². The zero-order valence-corrected chi connectivity index (χ0v) is 15.2. The largest absolute Gasteiger partial charge is 0.428 e. The molecule has 146 valence electrons. The number of para-hydroxylation sites is 1. The Morgan fingerprint density at radius 1 is 1.11 bits per heavy atom. The maximum Gasteiger partial charge on any atom is 0.428 e. The Balaban J connectivity index is 1.85. The molecule has 2 atom stereocenters. The summed E-state index contributed by atoms with van der Waals surface area (Å²) in [6.45, 7) is -0.205. The molecule has 0 saturated heterocycles. The molecule has 2 aliphatic heterocycles. The molecule has 2 aliphatic rings. The van der Waals surface area contributed by atoms with Crippen molar-refractivity contribution in [1.29, 1.82) is 0 Å². The summed E-state index contributed by atoms with van der Waals surface area (Å²) in [5.41, 5.74) is 0.969. The normalized spacial score (nSPS) is 27.1. The van der Waals surface area contributed by atoms with Crippen molar-refractivity contribution in [2.24, 2.45) is 0 Å². The van der Waals surface area contributed by atoms with Gasteiger partial charge in [-0.3, -0.25) is 10.1 Å². The van der Waals surface area contributed by atoms with Gasteiger partial charge in [0.15, 0.2) is 0 Å². The lowest BCUT2D eigenvalue weighted by Gasteiger charge is -2.36. The third-order valence-electron chi connectivity index (χ3n) is 5.27. The molecule has 1 amide bonds. The maximum absolute atomic E-state index is 13.7. The first-order valence-electron chi connectivity index (χ1n) is 8.91. The molecule has 0 bridgehead atoms. The first-order chi connectivity index (χ1) is 13.3. The minimum atomic E-state index is -4.66. The second kappa shape index (κ2) is 6.76. The van der Waals surface area contributed by atoms with Crippen LogP contribution in [0.4, 0.5) is 18.9 Å². The molecular weight excluding hydrogens is 369 g/mol. The predicted molar refractivity (Wildman–Crippen MR) is 99.5 cm³/mol. The molecule has 2 aromatic carbocycles. The van der Waals surface area contributed by atoms with E-state index < -0.39 is 23.9 Å². The van der Waals surface area contributed by atoms with Crippen molar-refractivity contribution >= 4 is 17.2 Å². The van der Waals surface area contributed by atoms with Crippen LogP contribution in [0.3, 0.4) is 0 Å². The number of benzene rings is 2. The van der Waals surface area contributed by atoms with E-state index in [4.69, 9.17) is 4.74 Å². The lowest BCUT2D eigenvalue weighted by molar-refractivity contribution is -0.233. The number of ether oxygens (including phenoxy) is 1. The number of nitrogens with zero attached hydrogens (tertiary/aromatic N) is 1. The summed E-state index contributed by atoms with van der Waals surface area (Å²) in [6.07, 6.45) is -5.04. The van der Waals surface area contributed by atoms with Crippen LogP contribution in [0, 0.1) is 0 Å². The minimum absolute atomic E-state index is 0.0906. The fourth-order valence-corrected chi connectivity index (χ4v) is 3.84. The van der Waals surface area contributed by atoms with Crippen LogP contribution in [-0.2, 0) is 15.1 Å². The lowest BCUT2D eigenvalue weighted by Crippen LogP contribution is -2.59. The molecule has 28 heavy (non-hydrogen) atoms. The summed E-state index contributed by atoms with van der Waals surface area (Å²) in [6, 6.07) is 16.0. The molecule has 7 heteroatoms. The van der Waals surface area contributed by atoms with Crippen molar-refractivity contribution in [2.45, 2.75) is 24.4 Å². The molecule has 0 fully saturated rings. The van der Waals surface area contributed by atoms with Crippen LogP contribution in [0.15, 0.2) is 60.7 Å². The number of hydrogen-bond acceptors (Lipinski definition) is 3. The van der Waals surface area contributed by atoms with Gasteiger partial charge in [0.25, 0.3) is 5.91 Å². The number of rotatable bonds is 1. The van der Waals surface area contributed by atoms with E-state index in [0.717, 1.165) is 5.56 Å². The van der Waals surface area contributed by atoms with E-state index in [-0.39, 0.29) is 13.0 Å². The summed E-state index contributed by atoms with van der Waals surface area (Å²) in [4.78, 5) is 14.5. The Labute approximate surface area is 160 Å². The van der Waals surface area contributed by atoms with Gasteiger partial charge in [-0.15, -0.1) is 0 Å². The highest BCUT2D eigenvalue weighted by Crippen LogP contribution is 2.44. The highest BCUT2D eigenvalue weighted by atomic mass is 19.4. The Kier molecular flexibility index (Phi) is 4.51. The van der Waals surface area contributed by atoms with E-state index in [9.17, 15) is 18.0 Å². The molecule has 1 N–H and O–H groups in total. The van der Waals surface area contributed by atoms with E-state index in [1.54, 1.807) is 37.4 Å². The van der Waals surface area contributed by atoms with Crippen LogP contribution in [0.2, 0.25) is 0 Å². The smallest absolute Gasteiger partial charge is 0.349 e. The fraction of sp³-hybridized carbons (Fsp3) is 0.286. The lowest BCUT2D eigenvalue weighted by atomic mass is 9.85. The number of fused-ring (bicyclic) bond motifs is 2. The van der Waals surface area contributed by atoms with Gasteiger partial charge < -0.3 is 9.64 Å². The standard InChI is InChI=1S/C21H19F3N2O2/c1-26-17-10-6-5-9-16(17)20(19(26)27)12-11-15(14-7-3-2-4-8-14)13-28-18(25-20)21(22,23)24/h2-11,18,25H,12-13H2,1H3/b15-11+/t18-,20-/m1/s1. The Hall–Kier alpha value is -2.64. The quantitative estimate of drug-likeness (QED) is 0.807. The van der Waals surface area contributed by atoms with E-state index in [2.05, 4.69) is 5.32 Å². The van der Waals surface area contributed by atoms with Gasteiger partial charge in [-0.05, 0) is 23.6 Å². The van der Waals surface area contributed by atoms with Crippen LogP contribution in [0.25, 0.3) is 5.57 Å². The average molecular weight is 388 g/mol. The van der Waals surface area contributed by atoms with E-state index in [0.29, 0.717) is 16.8 Å². The van der Waals surface area contributed by atoms with E-state index >= 15 is 0 Å². The molecule has 4 nitrogen and oxygen atoms in total. The van der Waals surface area contributed by atoms with Crippen LogP contribution >= 0.6 is 0 Å². The topological polar surface area (TPSA) is 41.6 Å². The number of carbonyl (C=O) groups is 1. The number of likely N-dealkylation sites (N-methyl/N-ethyl adjacent to an activating group) is 1. The van der Waals surface area contributed by atoms with Gasteiger partial charge in [0.1, 0.15) is 5.54 Å². The monoisotopic (exact) mass is 388 g/mol. The number of halogens is 3. The van der Waals surface area contributed by atoms with Gasteiger partial charge in [-0.25, -0.2) is 0 Å². The Morgan fingerprint density at radius 2 is 1.79 bits per heavy atom. The van der Waals surface area contributed by atoms with Crippen molar-refractivity contribution in [3.63, 3.8) is 0 Å². The zero-order chi connectivity index (χ0) is 19.9. The second-order valence-corrected chi connectivity index (χ2v) is 6.96. The van der Waals surface area contributed by atoms with Gasteiger partial charge in [-0.1, -0.05) is 54.6 Å². The number of alkyl halides is 3. The highest BCUT2D eigenvalue weighted by Gasteiger charge is 2.55. The van der Waals surface area contributed by atoms with Crippen molar-refractivity contribution in [2.75, 3.05) is 18.6 Å². The van der Waals surface area contributed by atoms with Crippen molar-refractivity contribution in [3.8, 4) is 0 Å². The minimum Gasteiger partial charge on any atom is -0.349 e. The SMILES string of the molecule is CN1C(=O)[C@@]2(C/C=C(/c3ccccc3)CO[C@H](C(F)(F)F)N2)c2ccccc21. The fourth-order valence-electron chi connectivity index (χ4n) is 3.84. The van der Waals surface area contributed by atoms with E-state index in [1.165, 1.54) is 4.90 Å². The summed E-state index contributed by atoms with van der Waals surface area (Å²) in [5.74, 6) is -0.433. The van der Waals surface area contributed by atoms with Crippen molar-refractivity contribution < 1.29 is 22.7 Å². The van der Waals surface area contributed by atoms with Crippen molar-refractivity contribution in [3.05, 3.63) is 71.8 Å². The van der Waals surface area contributed by atoms with Crippen LogP contribution in [0.1, 0.15) is 17.5 Å². The molecule has 2 heterocycles. The Bertz CT molecular complexity index is 927. The number of carbonyl (C=O) groups excluding carboxylic acids is 1. The maximum atomic E-state index is 13.7. The van der Waals surface area contributed by atoms with Gasteiger partial charge >= 0.3 is 6.18 Å². The molecule has 2 aromatic rings. The molecule has 0 unspecified atom stereocenters. The summed E-state index contributed by atoms with van der Waals surface area (Å²) >= 11 is 0. The molecule has 1 spiro atoms. The second-order valence-electron chi connectivity index (χ2n) is 6.96. The average Bonchev–Trinajstić information content (AvgIpc) is 2.87. The summed E-state index contributed by atoms with van der Waals surface area (Å²) < 4.78 is 46.3. The molecule has 0 aromatic heterocycles. The predicted octanol–water partition coefficient (Wildman–Crippen LogP) is 3.84. The third kappa shape index (κ3) is 3.00.